The van der Waals surface area contributed by atoms with Crippen LogP contribution in [-0.4, -0.2) is 25.7 Å². The van der Waals surface area contributed by atoms with Crippen molar-refractivity contribution in [2.45, 2.75) is 25.1 Å². The van der Waals surface area contributed by atoms with Crippen molar-refractivity contribution >= 4 is 12.0 Å². The van der Waals surface area contributed by atoms with Gasteiger partial charge in [-0.2, -0.15) is 0 Å². The molecule has 132 valence electrons. The Hall–Kier alpha value is -2.50. The fraction of sp³-hybridized carbons (Fsp3) is 0.316. The zero-order valence-corrected chi connectivity index (χ0v) is 13.5. The molecule has 2 aromatic rings. The molecule has 3 rings (SSSR count). The number of benzene rings is 2. The number of carbonyl (C=O) groups is 1. The zero-order valence-electron chi connectivity index (χ0n) is 13.5. The number of hydrogen-bond donors (Lipinski definition) is 0. The lowest BCUT2D eigenvalue weighted by atomic mass is 9.89. The number of anilines is 1. The zero-order chi connectivity index (χ0) is 17.9. The predicted molar refractivity (Wildman–Crippen MR) is 89.1 cm³/mol. The van der Waals surface area contributed by atoms with Gasteiger partial charge in [-0.25, -0.2) is 0 Å². The maximum absolute atomic E-state index is 12.2. The van der Waals surface area contributed by atoms with Gasteiger partial charge in [0.05, 0.1) is 0 Å². The fourth-order valence-corrected chi connectivity index (χ4v) is 3.18. The SMILES string of the molecule is O=Cc1ccc(N2CCC(c3ccc(OC(F)(F)F)cc3)CC2)cc1. The third-order valence-electron chi connectivity index (χ3n) is 4.47. The molecule has 25 heavy (non-hydrogen) atoms. The van der Waals surface area contributed by atoms with E-state index in [1.807, 2.05) is 12.1 Å². The number of rotatable bonds is 4. The van der Waals surface area contributed by atoms with Crippen molar-refractivity contribution in [2.75, 3.05) is 18.0 Å². The number of hydrogen-bond acceptors (Lipinski definition) is 3. The Morgan fingerprint density at radius 1 is 0.960 bits per heavy atom. The van der Waals surface area contributed by atoms with E-state index in [4.69, 9.17) is 0 Å². The van der Waals surface area contributed by atoms with E-state index in [0.29, 0.717) is 11.5 Å². The average molecular weight is 349 g/mol. The first-order chi connectivity index (χ1) is 11.9. The highest BCUT2D eigenvalue weighted by Gasteiger charge is 2.31. The number of ether oxygens (including phenoxy) is 1. The van der Waals surface area contributed by atoms with Crippen LogP contribution in [0.5, 0.6) is 5.75 Å². The maximum Gasteiger partial charge on any atom is 0.573 e. The van der Waals surface area contributed by atoms with Crippen LogP contribution in [0.15, 0.2) is 48.5 Å². The first-order valence-electron chi connectivity index (χ1n) is 8.10. The van der Waals surface area contributed by atoms with Crippen LogP contribution in [0.4, 0.5) is 18.9 Å². The van der Waals surface area contributed by atoms with Crippen LogP contribution in [0.2, 0.25) is 0 Å². The normalized spacial score (nSPS) is 15.9. The quantitative estimate of drug-likeness (QED) is 0.744. The Balaban J connectivity index is 1.59. The molecule has 0 unspecified atom stereocenters. The average Bonchev–Trinajstić information content (AvgIpc) is 2.61. The molecule has 1 saturated heterocycles. The van der Waals surface area contributed by atoms with Crippen LogP contribution in [0.3, 0.4) is 0 Å². The summed E-state index contributed by atoms with van der Waals surface area (Å²) in [6.07, 6.45) is -1.99. The minimum atomic E-state index is -4.66. The molecule has 0 amide bonds. The molecule has 0 aliphatic carbocycles. The van der Waals surface area contributed by atoms with E-state index in [9.17, 15) is 18.0 Å². The summed E-state index contributed by atoms with van der Waals surface area (Å²) in [5.74, 6) is 0.134. The summed E-state index contributed by atoms with van der Waals surface area (Å²) in [6, 6.07) is 13.6. The van der Waals surface area contributed by atoms with E-state index in [1.165, 1.54) is 12.1 Å². The first kappa shape index (κ1) is 17.3. The molecule has 1 aliphatic heterocycles. The molecule has 1 fully saturated rings. The van der Waals surface area contributed by atoms with Gasteiger partial charge in [0.25, 0.3) is 0 Å². The number of alkyl halides is 3. The summed E-state index contributed by atoms with van der Waals surface area (Å²) in [7, 11) is 0. The molecular formula is C19H18F3NO2. The summed E-state index contributed by atoms with van der Waals surface area (Å²) in [6.45, 7) is 1.73. The number of piperidine rings is 1. The summed E-state index contributed by atoms with van der Waals surface area (Å²) >= 11 is 0. The first-order valence-corrected chi connectivity index (χ1v) is 8.10. The van der Waals surface area contributed by atoms with E-state index < -0.39 is 6.36 Å². The van der Waals surface area contributed by atoms with Crippen LogP contribution in [0.25, 0.3) is 0 Å². The second-order valence-corrected chi connectivity index (χ2v) is 6.09. The van der Waals surface area contributed by atoms with E-state index in [1.54, 1.807) is 24.3 Å². The largest absolute Gasteiger partial charge is 0.573 e. The molecule has 0 radical (unpaired) electrons. The van der Waals surface area contributed by atoms with Crippen LogP contribution in [0.1, 0.15) is 34.7 Å². The number of nitrogens with zero attached hydrogens (tertiary/aromatic N) is 1. The topological polar surface area (TPSA) is 29.5 Å². The van der Waals surface area contributed by atoms with Crippen molar-refractivity contribution in [1.82, 2.24) is 0 Å². The molecule has 0 spiro atoms. The highest BCUT2D eigenvalue weighted by molar-refractivity contribution is 5.75. The van der Waals surface area contributed by atoms with Gasteiger partial charge in [0.1, 0.15) is 12.0 Å². The van der Waals surface area contributed by atoms with Crippen molar-refractivity contribution in [2.24, 2.45) is 0 Å². The summed E-state index contributed by atoms with van der Waals surface area (Å²) in [5.41, 5.74) is 2.77. The van der Waals surface area contributed by atoms with Gasteiger partial charge in [0.2, 0.25) is 0 Å². The van der Waals surface area contributed by atoms with Gasteiger partial charge in [-0.05, 0) is 60.7 Å². The second kappa shape index (κ2) is 7.17. The summed E-state index contributed by atoms with van der Waals surface area (Å²) in [5, 5.41) is 0. The summed E-state index contributed by atoms with van der Waals surface area (Å²) < 4.78 is 40.5. The van der Waals surface area contributed by atoms with Crippen molar-refractivity contribution < 1.29 is 22.7 Å². The number of carbonyl (C=O) groups excluding carboxylic acids is 1. The van der Waals surface area contributed by atoms with Crippen molar-refractivity contribution in [1.29, 1.82) is 0 Å². The molecule has 1 aliphatic rings. The lowest BCUT2D eigenvalue weighted by Gasteiger charge is -2.34. The second-order valence-electron chi connectivity index (χ2n) is 6.09. The smallest absolute Gasteiger partial charge is 0.406 e. The third-order valence-corrected chi connectivity index (χ3v) is 4.47. The van der Waals surface area contributed by atoms with E-state index in [2.05, 4.69) is 9.64 Å². The molecule has 3 nitrogen and oxygen atoms in total. The van der Waals surface area contributed by atoms with E-state index in [0.717, 1.165) is 43.5 Å². The molecule has 0 aromatic heterocycles. The number of halogens is 3. The predicted octanol–water partition coefficient (Wildman–Crippen LogP) is 4.78. The molecule has 0 atom stereocenters. The van der Waals surface area contributed by atoms with Gasteiger partial charge in [-0.15, -0.1) is 13.2 Å². The molecule has 0 saturated carbocycles. The van der Waals surface area contributed by atoms with Gasteiger partial charge in [-0.1, -0.05) is 12.1 Å². The molecule has 2 aromatic carbocycles. The minimum Gasteiger partial charge on any atom is -0.406 e. The molecular weight excluding hydrogens is 331 g/mol. The Labute approximate surface area is 144 Å². The Kier molecular flexibility index (Phi) is 4.97. The molecule has 0 bridgehead atoms. The fourth-order valence-electron chi connectivity index (χ4n) is 3.18. The van der Waals surface area contributed by atoms with Crippen LogP contribution >= 0.6 is 0 Å². The van der Waals surface area contributed by atoms with E-state index in [-0.39, 0.29) is 5.75 Å². The van der Waals surface area contributed by atoms with Crippen molar-refractivity contribution in [3.05, 3.63) is 59.7 Å². The third kappa shape index (κ3) is 4.53. The van der Waals surface area contributed by atoms with Gasteiger partial charge in [0, 0.05) is 24.3 Å². The van der Waals surface area contributed by atoms with Crippen LogP contribution in [0, 0.1) is 0 Å². The number of aldehydes is 1. The van der Waals surface area contributed by atoms with Crippen LogP contribution in [-0.2, 0) is 0 Å². The summed E-state index contributed by atoms with van der Waals surface area (Å²) in [4.78, 5) is 13.0. The minimum absolute atomic E-state index is 0.191. The molecule has 6 heteroatoms. The van der Waals surface area contributed by atoms with Crippen molar-refractivity contribution in [3.63, 3.8) is 0 Å². The molecule has 0 N–H and O–H groups in total. The van der Waals surface area contributed by atoms with Gasteiger partial charge < -0.3 is 9.64 Å². The van der Waals surface area contributed by atoms with Crippen molar-refractivity contribution in [3.8, 4) is 5.75 Å². The lowest BCUT2D eigenvalue weighted by Crippen LogP contribution is -2.32. The Morgan fingerprint density at radius 2 is 1.56 bits per heavy atom. The maximum atomic E-state index is 12.2. The van der Waals surface area contributed by atoms with Gasteiger partial charge >= 0.3 is 6.36 Å². The van der Waals surface area contributed by atoms with Gasteiger partial charge in [0.15, 0.2) is 0 Å². The highest BCUT2D eigenvalue weighted by Crippen LogP contribution is 2.32. The Bertz CT molecular complexity index is 703. The highest BCUT2D eigenvalue weighted by atomic mass is 19.4. The molecule has 1 heterocycles. The lowest BCUT2D eigenvalue weighted by molar-refractivity contribution is -0.274. The van der Waals surface area contributed by atoms with E-state index >= 15 is 0 Å². The van der Waals surface area contributed by atoms with Crippen LogP contribution < -0.4 is 9.64 Å². The Morgan fingerprint density at radius 3 is 2.08 bits per heavy atom. The standard InChI is InChI=1S/C19H18F3NO2/c20-19(21,22)25-18-7-3-15(4-8-18)16-9-11-23(12-10-16)17-5-1-14(13-24)2-6-17/h1-8,13,16H,9-12H2. The van der Waals surface area contributed by atoms with Gasteiger partial charge in [-0.3, -0.25) is 4.79 Å². The monoisotopic (exact) mass is 349 g/mol.